The molecule has 0 aliphatic carbocycles. The van der Waals surface area contributed by atoms with Gasteiger partial charge in [0.05, 0.1) is 70.1 Å². The molecule has 15 N–H and O–H groups in total. The molecule has 0 atom stereocenters. The number of ether oxygens (including phenoxy) is 1. The zero-order chi connectivity index (χ0) is 45.7. The average molecular weight is 956 g/mol. The summed E-state index contributed by atoms with van der Waals surface area (Å²) in [4.78, 5) is -1.95. The molecule has 25 nitrogen and oxygen atoms in total. The van der Waals surface area contributed by atoms with Crippen LogP contribution in [0.25, 0.3) is 10.8 Å². The standard InChI is InChI=1S/C10H11N3O4S.C10H15NO7S2.C8H11NO9S3/c11-6-2-1-4-5(8(6)12)3-7(18(15,16)17)9(13)10(4)14;1-7-5-8(11)9(17-2)6-10(7)19(12,13)4-3-18-20(14,15)16;9-7-2-1-6(5-8(7)20(12,13)14)19(10,11)4-3-18-21(15,16)17/h1-3,14H,11-13H2,(H,15,16,17);5-6H,3-4,11H2,1-2H3,(H,14,15,16);1-2,5H,3-4,9H2,(H,12,13,14)(H,15,16,17). The zero-order valence-corrected chi connectivity index (χ0v) is 35.0. The van der Waals surface area contributed by atoms with Crippen LogP contribution in [-0.4, -0.2) is 106 Å². The summed E-state index contributed by atoms with van der Waals surface area (Å²) < 4.78 is 181. The van der Waals surface area contributed by atoms with Gasteiger partial charge in [-0.05, 0) is 55.0 Å². The van der Waals surface area contributed by atoms with Gasteiger partial charge in [0.2, 0.25) is 0 Å². The first kappa shape index (κ1) is 50.3. The lowest BCUT2D eigenvalue weighted by molar-refractivity contribution is 0.282. The molecule has 0 saturated carbocycles. The summed E-state index contributed by atoms with van der Waals surface area (Å²) in [6.45, 7) is -0.00756. The molecule has 59 heavy (non-hydrogen) atoms. The van der Waals surface area contributed by atoms with Crippen molar-refractivity contribution < 1.29 is 86.9 Å². The number of phenols is 1. The Labute approximate surface area is 337 Å². The van der Waals surface area contributed by atoms with Gasteiger partial charge in [-0.1, -0.05) is 0 Å². The van der Waals surface area contributed by atoms with Gasteiger partial charge in [-0.25, -0.2) is 25.2 Å². The van der Waals surface area contributed by atoms with Crippen LogP contribution in [0.3, 0.4) is 0 Å². The molecule has 0 unspecified atom stereocenters. The van der Waals surface area contributed by atoms with E-state index >= 15 is 0 Å². The second-order valence-electron chi connectivity index (χ2n) is 11.4. The highest BCUT2D eigenvalue weighted by molar-refractivity contribution is 7.92. The molecule has 31 heteroatoms. The van der Waals surface area contributed by atoms with Gasteiger partial charge < -0.3 is 38.5 Å². The number of phenolic OH excluding ortho intramolecular Hbond substituents is 1. The molecule has 0 aliphatic rings. The molecule has 4 aromatic carbocycles. The minimum absolute atomic E-state index is 0.0394. The van der Waals surface area contributed by atoms with E-state index in [1.165, 1.54) is 31.4 Å². The molecule has 0 spiro atoms. The van der Waals surface area contributed by atoms with E-state index in [-0.39, 0.29) is 44.2 Å². The van der Waals surface area contributed by atoms with Crippen LogP contribution in [-0.2, 0) is 69.1 Å². The van der Waals surface area contributed by atoms with Gasteiger partial charge in [-0.3, -0.25) is 18.2 Å². The second kappa shape index (κ2) is 18.6. The van der Waals surface area contributed by atoms with Crippen LogP contribution in [0.4, 0.5) is 28.4 Å². The topological polar surface area (TPSA) is 464 Å². The molecule has 0 amide bonds. The van der Waals surface area contributed by atoms with Crippen LogP contribution in [0.2, 0.25) is 0 Å². The largest absolute Gasteiger partial charge is 0.505 e. The lowest BCUT2D eigenvalue weighted by Gasteiger charge is -2.11. The van der Waals surface area contributed by atoms with E-state index in [9.17, 15) is 55.6 Å². The van der Waals surface area contributed by atoms with Gasteiger partial charge in [-0.2, -0.15) is 33.7 Å². The number of fused-ring (bicyclic) bond motifs is 1. The Hall–Kier alpha value is -4.80. The third-order valence-corrected chi connectivity index (χ3v) is 13.5. The molecule has 0 saturated heterocycles. The monoisotopic (exact) mass is 955 g/mol. The van der Waals surface area contributed by atoms with E-state index in [4.69, 9.17) is 51.6 Å². The number of nitrogen functional groups attached to an aromatic ring is 5. The quantitative estimate of drug-likeness (QED) is 0.0472. The number of nitrogens with two attached hydrogens (primary N) is 5. The Bertz CT molecular complexity index is 2930. The van der Waals surface area contributed by atoms with Crippen molar-refractivity contribution in [3.8, 4) is 11.5 Å². The summed E-state index contributed by atoms with van der Waals surface area (Å²) >= 11 is 0. The van der Waals surface area contributed by atoms with Crippen LogP contribution in [0, 0.1) is 6.92 Å². The number of anilines is 5. The smallest absolute Gasteiger partial charge is 0.397 e. The van der Waals surface area contributed by atoms with Gasteiger partial charge in [0.1, 0.15) is 21.3 Å². The number of aromatic hydroxyl groups is 1. The molecule has 0 heterocycles. The number of rotatable bonds is 13. The Kier molecular flexibility index (Phi) is 15.9. The Morgan fingerprint density at radius 1 is 0.542 bits per heavy atom. The van der Waals surface area contributed by atoms with E-state index in [0.717, 1.165) is 18.2 Å². The highest BCUT2D eigenvalue weighted by atomic mass is 32.3. The summed E-state index contributed by atoms with van der Waals surface area (Å²) in [5.74, 6) is -1.72. The Balaban J connectivity index is 0.000000306. The first-order chi connectivity index (χ1) is 26.6. The second-order valence-corrected chi connectivity index (χ2v) is 20.6. The lowest BCUT2D eigenvalue weighted by atomic mass is 10.1. The Morgan fingerprint density at radius 2 is 1.03 bits per heavy atom. The number of hydrogen-bond acceptors (Lipinski definition) is 21. The minimum Gasteiger partial charge on any atom is -0.505 e. The lowest BCUT2D eigenvalue weighted by Crippen LogP contribution is -2.16. The van der Waals surface area contributed by atoms with Crippen molar-refractivity contribution in [3.05, 3.63) is 54.1 Å². The van der Waals surface area contributed by atoms with Gasteiger partial charge in [0.25, 0.3) is 20.2 Å². The average Bonchev–Trinajstić information content (AvgIpc) is 3.06. The van der Waals surface area contributed by atoms with Crippen molar-refractivity contribution in [2.75, 3.05) is 60.5 Å². The number of methoxy groups -OCH3 is 1. The molecule has 330 valence electrons. The third-order valence-electron chi connectivity index (χ3n) is 7.30. The van der Waals surface area contributed by atoms with E-state index in [0.29, 0.717) is 11.6 Å². The van der Waals surface area contributed by atoms with Crippen LogP contribution >= 0.6 is 0 Å². The summed E-state index contributed by atoms with van der Waals surface area (Å²) in [7, 11) is -25.3. The van der Waals surface area contributed by atoms with Crippen LogP contribution in [0.1, 0.15) is 5.56 Å². The molecule has 0 aromatic heterocycles. The van der Waals surface area contributed by atoms with Crippen molar-refractivity contribution >= 4 is 99.9 Å². The SMILES string of the molecule is COc1cc(S(=O)(=O)CCOS(=O)(=O)O)c(C)cc1N.Nc1ccc(S(=O)(=O)CCOS(=O)(=O)O)cc1S(=O)(=O)O.Nc1ccc2c(O)c(N)c(S(=O)(=O)O)cc2c1N. The van der Waals surface area contributed by atoms with Crippen molar-refractivity contribution in [2.45, 2.75) is 26.5 Å². The molecular weight excluding hydrogens is 919 g/mol. The number of aryl methyl sites for hydroxylation is 1. The van der Waals surface area contributed by atoms with Crippen molar-refractivity contribution in [3.63, 3.8) is 0 Å². The summed E-state index contributed by atoms with van der Waals surface area (Å²) in [5.41, 5.74) is 27.9. The third kappa shape index (κ3) is 14.2. The Morgan fingerprint density at radius 3 is 1.51 bits per heavy atom. The van der Waals surface area contributed by atoms with Crippen LogP contribution in [0.15, 0.2) is 68.1 Å². The number of sulfone groups is 2. The molecule has 0 fully saturated rings. The molecule has 4 rings (SSSR count). The van der Waals surface area contributed by atoms with E-state index in [1.807, 2.05) is 0 Å². The normalized spacial score (nSPS) is 12.5. The fourth-order valence-electron chi connectivity index (χ4n) is 4.56. The van der Waals surface area contributed by atoms with Crippen LogP contribution < -0.4 is 33.4 Å². The van der Waals surface area contributed by atoms with E-state index in [1.54, 1.807) is 6.92 Å². The molecule has 0 bridgehead atoms. The van der Waals surface area contributed by atoms with Gasteiger partial charge in [0.15, 0.2) is 19.7 Å². The van der Waals surface area contributed by atoms with E-state index < -0.39 is 112 Å². The zero-order valence-electron chi connectivity index (χ0n) is 30.1. The summed E-state index contributed by atoms with van der Waals surface area (Å²) in [5, 5.41) is 10.3. The minimum atomic E-state index is -4.79. The highest BCUT2D eigenvalue weighted by Gasteiger charge is 2.24. The van der Waals surface area contributed by atoms with Gasteiger partial charge in [0, 0.05) is 16.8 Å². The summed E-state index contributed by atoms with van der Waals surface area (Å²) in [6, 6.07) is 9.26. The maximum Gasteiger partial charge on any atom is 0.397 e. The fraction of sp³-hybridized carbons (Fsp3) is 0.214. The molecular formula is C28H37N5O20S6. The van der Waals surface area contributed by atoms with E-state index in [2.05, 4.69) is 8.37 Å². The summed E-state index contributed by atoms with van der Waals surface area (Å²) in [6.07, 6.45) is 0. The molecule has 4 aromatic rings. The molecule has 0 radical (unpaired) electrons. The fourth-order valence-corrected chi connectivity index (χ4v) is 9.19. The predicted octanol–water partition coefficient (Wildman–Crippen LogP) is -0.174. The first-order valence-corrected chi connectivity index (χ1v) is 24.1. The van der Waals surface area contributed by atoms with Crippen molar-refractivity contribution in [2.24, 2.45) is 0 Å². The number of hydrogen-bond donors (Lipinski definition) is 10. The van der Waals surface area contributed by atoms with Crippen LogP contribution in [0.5, 0.6) is 11.5 Å². The van der Waals surface area contributed by atoms with Crippen molar-refractivity contribution in [1.82, 2.24) is 0 Å². The van der Waals surface area contributed by atoms with Gasteiger partial charge >= 0.3 is 20.8 Å². The highest BCUT2D eigenvalue weighted by Crippen LogP contribution is 2.40. The predicted molar refractivity (Wildman–Crippen MR) is 211 cm³/mol. The first-order valence-electron chi connectivity index (χ1n) is 15.2. The molecule has 0 aliphatic heterocycles. The maximum absolute atomic E-state index is 12.1. The maximum atomic E-state index is 12.1. The van der Waals surface area contributed by atoms with Gasteiger partial charge in [-0.15, -0.1) is 0 Å². The number of benzene rings is 4. The van der Waals surface area contributed by atoms with Crippen molar-refractivity contribution in [1.29, 1.82) is 0 Å².